The molecule has 1 aliphatic carbocycles. The quantitative estimate of drug-likeness (QED) is 0.349. The van der Waals surface area contributed by atoms with Crippen LogP contribution in [0.2, 0.25) is 0 Å². The molecule has 200 valence electrons. The third-order valence-corrected chi connectivity index (χ3v) is 6.92. The predicted octanol–water partition coefficient (Wildman–Crippen LogP) is 6.68. The van der Waals surface area contributed by atoms with Gasteiger partial charge in [0.2, 0.25) is 5.91 Å². The smallest absolute Gasteiger partial charge is 0.429 e. The van der Waals surface area contributed by atoms with E-state index in [4.69, 9.17) is 4.74 Å². The van der Waals surface area contributed by atoms with Gasteiger partial charge < -0.3 is 14.7 Å². The Hall–Kier alpha value is -3.61. The van der Waals surface area contributed by atoms with Gasteiger partial charge in [-0.3, -0.25) is 4.79 Å². The van der Waals surface area contributed by atoms with E-state index in [1.807, 2.05) is 61.2 Å². The number of amides is 1. The SMILES string of the molecule is C/C=C1\C(=C/C2=C=C(F)C2(O)C(F)(F)F)CC[C@H](Oc2cccc(C)c2)CN1C(=O)[C@@H](C)c1ccccc1. The van der Waals surface area contributed by atoms with Crippen molar-refractivity contribution < 1.29 is 32.2 Å². The number of nitrogens with zero attached hydrogens (tertiary/aromatic N) is 1. The minimum absolute atomic E-state index is 0.160. The van der Waals surface area contributed by atoms with Crippen LogP contribution in [0, 0.1) is 6.92 Å². The van der Waals surface area contributed by atoms with Crippen LogP contribution in [0.3, 0.4) is 0 Å². The Morgan fingerprint density at radius 3 is 2.53 bits per heavy atom. The molecule has 2 aromatic rings. The first-order valence-electron chi connectivity index (χ1n) is 12.4. The van der Waals surface area contributed by atoms with Crippen molar-refractivity contribution in [2.24, 2.45) is 0 Å². The van der Waals surface area contributed by atoms with E-state index in [2.05, 4.69) is 0 Å². The Morgan fingerprint density at radius 1 is 1.21 bits per heavy atom. The van der Waals surface area contributed by atoms with Crippen molar-refractivity contribution in [3.63, 3.8) is 0 Å². The molecule has 2 aromatic carbocycles. The molecular weight excluding hydrogens is 498 g/mol. The molecule has 0 saturated carbocycles. The summed E-state index contributed by atoms with van der Waals surface area (Å²) < 4.78 is 60.7. The molecule has 4 nitrogen and oxygen atoms in total. The van der Waals surface area contributed by atoms with Crippen molar-refractivity contribution in [3.05, 3.63) is 106 Å². The van der Waals surface area contributed by atoms with Crippen LogP contribution < -0.4 is 4.74 Å². The molecule has 3 atom stereocenters. The van der Waals surface area contributed by atoms with E-state index in [-0.39, 0.29) is 18.9 Å². The normalized spacial score (nSPS) is 24.8. The Morgan fingerprint density at radius 2 is 1.92 bits per heavy atom. The molecule has 1 fully saturated rings. The van der Waals surface area contributed by atoms with Gasteiger partial charge in [0.1, 0.15) is 11.9 Å². The monoisotopic (exact) mass is 527 g/mol. The van der Waals surface area contributed by atoms with Crippen LogP contribution in [-0.4, -0.2) is 40.3 Å². The van der Waals surface area contributed by atoms with Crippen molar-refractivity contribution in [2.45, 2.75) is 57.4 Å². The fraction of sp³-hybridized carbons (Fsp3) is 0.333. The molecular formula is C30H29F4NO3. The van der Waals surface area contributed by atoms with Crippen LogP contribution in [-0.2, 0) is 4.79 Å². The number of hydrogen-bond donors (Lipinski definition) is 1. The zero-order chi connectivity index (χ0) is 27.7. The van der Waals surface area contributed by atoms with Crippen molar-refractivity contribution >= 4 is 5.91 Å². The van der Waals surface area contributed by atoms with Crippen LogP contribution in [0.5, 0.6) is 5.75 Å². The summed E-state index contributed by atoms with van der Waals surface area (Å²) in [7, 11) is 0. The highest BCUT2D eigenvalue weighted by atomic mass is 19.4. The first-order chi connectivity index (χ1) is 18.0. The second-order valence-electron chi connectivity index (χ2n) is 9.58. The number of hydrogen-bond acceptors (Lipinski definition) is 3. The van der Waals surface area contributed by atoms with Gasteiger partial charge in [0.25, 0.3) is 5.60 Å². The molecule has 0 bridgehead atoms. The van der Waals surface area contributed by atoms with E-state index in [1.165, 1.54) is 4.90 Å². The molecule has 2 aliphatic rings. The first kappa shape index (κ1) is 27.4. The summed E-state index contributed by atoms with van der Waals surface area (Å²) >= 11 is 0. The summed E-state index contributed by atoms with van der Waals surface area (Å²) in [5, 5.41) is 10.1. The third-order valence-electron chi connectivity index (χ3n) is 6.92. The van der Waals surface area contributed by atoms with Crippen molar-refractivity contribution in [1.29, 1.82) is 0 Å². The highest BCUT2D eigenvalue weighted by Gasteiger charge is 2.63. The van der Waals surface area contributed by atoms with Crippen LogP contribution >= 0.6 is 0 Å². The topological polar surface area (TPSA) is 49.8 Å². The van der Waals surface area contributed by atoms with Gasteiger partial charge in [-0.05, 0) is 68.5 Å². The lowest BCUT2D eigenvalue weighted by molar-refractivity contribution is -0.237. The number of carbonyl (C=O) groups excluding carboxylic acids is 1. The van der Waals surface area contributed by atoms with Crippen LogP contribution in [0.25, 0.3) is 0 Å². The lowest BCUT2D eigenvalue weighted by Crippen LogP contribution is -2.50. The van der Waals surface area contributed by atoms with E-state index in [1.54, 1.807) is 26.0 Å². The highest BCUT2D eigenvalue weighted by Crippen LogP contribution is 2.48. The fourth-order valence-corrected chi connectivity index (χ4v) is 4.75. The largest absolute Gasteiger partial charge is 0.489 e. The Bertz CT molecular complexity index is 1340. The van der Waals surface area contributed by atoms with Crippen molar-refractivity contribution in [1.82, 2.24) is 4.90 Å². The number of aryl methyl sites for hydroxylation is 1. The van der Waals surface area contributed by atoms with E-state index >= 15 is 0 Å². The summed E-state index contributed by atoms with van der Waals surface area (Å²) in [6.45, 7) is 5.54. The van der Waals surface area contributed by atoms with Gasteiger partial charge >= 0.3 is 6.18 Å². The summed E-state index contributed by atoms with van der Waals surface area (Å²) in [4.78, 5) is 15.3. The molecule has 4 rings (SSSR count). The number of halogens is 4. The number of allylic oxidation sites excluding steroid dienone is 2. The van der Waals surface area contributed by atoms with E-state index in [0.29, 0.717) is 23.4 Å². The van der Waals surface area contributed by atoms with Gasteiger partial charge in [0.15, 0.2) is 5.83 Å². The molecule has 1 N–H and O–H groups in total. The second-order valence-corrected chi connectivity index (χ2v) is 9.58. The Labute approximate surface area is 219 Å². The molecule has 0 aromatic heterocycles. The van der Waals surface area contributed by atoms with Crippen LogP contribution in [0.15, 0.2) is 95.2 Å². The third kappa shape index (κ3) is 5.19. The van der Waals surface area contributed by atoms with Gasteiger partial charge in [0, 0.05) is 11.3 Å². The van der Waals surface area contributed by atoms with Gasteiger partial charge in [-0.1, -0.05) is 54.3 Å². The van der Waals surface area contributed by atoms with Gasteiger partial charge in [0.05, 0.1) is 12.5 Å². The van der Waals surface area contributed by atoms with E-state index < -0.39 is 35.2 Å². The molecule has 1 amide bonds. The zero-order valence-corrected chi connectivity index (χ0v) is 21.3. The standard InChI is InChI=1S/C30H29F4NO3/c1-4-26-22(16-23-17-27(31)29(23,37)30(32,33)34)13-14-25(38-24-12-8-9-19(2)15-24)18-35(26)28(36)20(3)21-10-6-5-7-11-21/h4-12,15-16,20,25,37H,13-14,18H2,1-3H3/b22-16-,26-4+/t20-,25-,29?/m0/s1. The molecule has 1 aliphatic heterocycles. The summed E-state index contributed by atoms with van der Waals surface area (Å²) in [5.74, 6) is -1.97. The Balaban J connectivity index is 1.73. The number of likely N-dealkylation sites (tertiary alicyclic amines) is 1. The van der Waals surface area contributed by atoms with Gasteiger partial charge in [-0.15, -0.1) is 0 Å². The fourth-order valence-electron chi connectivity index (χ4n) is 4.75. The van der Waals surface area contributed by atoms with Crippen LogP contribution in [0.4, 0.5) is 17.6 Å². The molecule has 1 saturated heterocycles. The second kappa shape index (κ2) is 10.6. The molecule has 8 heteroatoms. The number of rotatable bonds is 5. The minimum Gasteiger partial charge on any atom is -0.489 e. The summed E-state index contributed by atoms with van der Waals surface area (Å²) in [6.07, 6.45) is -2.36. The van der Waals surface area contributed by atoms with E-state index in [0.717, 1.165) is 17.2 Å². The molecule has 1 unspecified atom stereocenters. The zero-order valence-electron chi connectivity index (χ0n) is 21.3. The molecule has 0 radical (unpaired) electrons. The van der Waals surface area contributed by atoms with E-state index in [9.17, 15) is 27.5 Å². The number of benzene rings is 2. The summed E-state index contributed by atoms with van der Waals surface area (Å²) in [5.41, 5.74) is 0.0502. The molecule has 1 heterocycles. The number of alkyl halides is 3. The molecule has 38 heavy (non-hydrogen) atoms. The maximum atomic E-state index is 13.8. The molecule has 0 spiro atoms. The maximum absolute atomic E-state index is 13.8. The lowest BCUT2D eigenvalue weighted by Gasteiger charge is -2.34. The van der Waals surface area contributed by atoms with Crippen molar-refractivity contribution in [3.8, 4) is 5.75 Å². The van der Waals surface area contributed by atoms with Crippen LogP contribution in [0.1, 0.15) is 43.7 Å². The average molecular weight is 528 g/mol. The number of ether oxygens (including phenoxy) is 1. The van der Waals surface area contributed by atoms with Gasteiger partial charge in [-0.25, -0.2) is 0 Å². The number of aliphatic hydroxyl groups is 1. The lowest BCUT2D eigenvalue weighted by atomic mass is 9.82. The number of carbonyl (C=O) groups is 1. The predicted molar refractivity (Wildman–Crippen MR) is 136 cm³/mol. The Kier molecular flexibility index (Phi) is 7.68. The van der Waals surface area contributed by atoms with Gasteiger partial charge in [-0.2, -0.15) is 17.6 Å². The average Bonchev–Trinajstić information content (AvgIpc) is 3.06. The first-order valence-corrected chi connectivity index (χ1v) is 12.4. The minimum atomic E-state index is -5.25. The highest BCUT2D eigenvalue weighted by molar-refractivity contribution is 5.85. The summed E-state index contributed by atoms with van der Waals surface area (Å²) in [6, 6.07) is 16.6. The maximum Gasteiger partial charge on any atom is 0.429 e. The van der Waals surface area contributed by atoms with Crippen molar-refractivity contribution in [2.75, 3.05) is 6.54 Å².